The molecule has 3 atom stereocenters. The van der Waals surface area contributed by atoms with Gasteiger partial charge in [0.15, 0.2) is 0 Å². The second-order valence-corrected chi connectivity index (χ2v) is 10.6. The van der Waals surface area contributed by atoms with Crippen molar-refractivity contribution in [2.75, 3.05) is 12.3 Å². The maximum atomic E-state index is 13.1. The zero-order chi connectivity index (χ0) is 24.1. The largest absolute Gasteiger partial charge is 0.391 e. The van der Waals surface area contributed by atoms with Gasteiger partial charge in [0.05, 0.1) is 28.2 Å². The van der Waals surface area contributed by atoms with Gasteiger partial charge < -0.3 is 5.11 Å². The predicted molar refractivity (Wildman–Crippen MR) is 143 cm³/mol. The van der Waals surface area contributed by atoms with Crippen molar-refractivity contribution in [2.24, 2.45) is 0 Å². The van der Waals surface area contributed by atoms with Crippen LogP contribution in [-0.2, 0) is 16.3 Å². The number of hydrogen-bond acceptors (Lipinski definition) is 3. The van der Waals surface area contributed by atoms with E-state index in [1.165, 1.54) is 16.7 Å². The van der Waals surface area contributed by atoms with Gasteiger partial charge in [-0.15, -0.1) is 0 Å². The smallest absolute Gasteiger partial charge is 0.0976 e. The highest BCUT2D eigenvalue weighted by atomic mass is 32.2. The first-order valence-electron chi connectivity index (χ1n) is 12.3. The van der Waals surface area contributed by atoms with Crippen molar-refractivity contribution in [1.29, 1.82) is 0 Å². The van der Waals surface area contributed by atoms with Crippen LogP contribution in [0.2, 0.25) is 0 Å². The Hall–Kier alpha value is -3.05. The number of aliphatic hydroxyl groups is 1. The highest BCUT2D eigenvalue weighted by Gasteiger charge is 2.48. The van der Waals surface area contributed by atoms with E-state index in [1.807, 2.05) is 48.5 Å². The van der Waals surface area contributed by atoms with E-state index in [-0.39, 0.29) is 11.8 Å². The summed E-state index contributed by atoms with van der Waals surface area (Å²) in [5, 5.41) is 11.5. The van der Waals surface area contributed by atoms with Crippen molar-refractivity contribution >= 4 is 10.8 Å². The molecule has 0 spiro atoms. The lowest BCUT2D eigenvalue weighted by molar-refractivity contribution is 0.0456. The molecular formula is C31H31NO2S. The zero-order valence-electron chi connectivity index (χ0n) is 19.7. The first-order valence-corrected chi connectivity index (χ1v) is 13.6. The van der Waals surface area contributed by atoms with Crippen LogP contribution in [0.3, 0.4) is 0 Å². The molecule has 1 fully saturated rings. The Morgan fingerprint density at radius 1 is 0.743 bits per heavy atom. The number of nitrogens with zero attached hydrogens (tertiary/aromatic N) is 1. The van der Waals surface area contributed by atoms with Crippen molar-refractivity contribution in [3.8, 4) is 0 Å². The maximum absolute atomic E-state index is 13.1. The predicted octanol–water partition coefficient (Wildman–Crippen LogP) is 5.61. The van der Waals surface area contributed by atoms with Crippen molar-refractivity contribution in [3.05, 3.63) is 138 Å². The number of likely N-dealkylation sites (tertiary alicyclic amines) is 1. The van der Waals surface area contributed by atoms with Gasteiger partial charge in [0.2, 0.25) is 0 Å². The van der Waals surface area contributed by atoms with E-state index in [0.29, 0.717) is 0 Å². The SMILES string of the molecule is O=S(C[C@H](O)C1CCCN1C(c1ccccc1)(c1ccccc1)c1ccccc1)c1ccccc1. The average molecular weight is 482 g/mol. The van der Waals surface area contributed by atoms with E-state index in [1.54, 1.807) is 0 Å². The van der Waals surface area contributed by atoms with Gasteiger partial charge in [-0.2, -0.15) is 0 Å². The molecule has 0 radical (unpaired) electrons. The minimum absolute atomic E-state index is 0.122. The standard InChI is InChI=1S/C31H31NO2S/c33-30(24-35(34)28-20-11-4-12-21-28)29-22-13-23-32(29)31(25-14-5-1-6-15-25,26-16-7-2-8-17-26)27-18-9-3-10-19-27/h1-12,14-21,29-30,33H,13,22-24H2/t29?,30-,35?/m0/s1. The molecule has 4 aromatic carbocycles. The fourth-order valence-corrected chi connectivity index (χ4v) is 6.76. The van der Waals surface area contributed by atoms with Crippen LogP contribution in [0.1, 0.15) is 29.5 Å². The Morgan fingerprint density at radius 2 is 1.17 bits per heavy atom. The fraction of sp³-hybridized carbons (Fsp3) is 0.226. The quantitative estimate of drug-likeness (QED) is 0.333. The Kier molecular flexibility index (Phi) is 7.24. The van der Waals surface area contributed by atoms with E-state index in [0.717, 1.165) is 24.3 Å². The van der Waals surface area contributed by atoms with Crippen molar-refractivity contribution in [2.45, 2.75) is 35.4 Å². The Balaban J connectivity index is 1.61. The summed E-state index contributed by atoms with van der Waals surface area (Å²) >= 11 is 0. The van der Waals surface area contributed by atoms with Crippen LogP contribution in [-0.4, -0.2) is 38.7 Å². The van der Waals surface area contributed by atoms with Gasteiger partial charge in [-0.1, -0.05) is 109 Å². The highest BCUT2D eigenvalue weighted by molar-refractivity contribution is 7.85. The van der Waals surface area contributed by atoms with Gasteiger partial charge in [-0.25, -0.2) is 0 Å². The summed E-state index contributed by atoms with van der Waals surface area (Å²) in [5.74, 6) is 0.222. The van der Waals surface area contributed by atoms with E-state index in [4.69, 9.17) is 0 Å². The molecule has 5 rings (SSSR count). The molecular weight excluding hydrogens is 450 g/mol. The summed E-state index contributed by atoms with van der Waals surface area (Å²) in [7, 11) is -1.26. The molecule has 1 aliphatic rings. The molecule has 0 bridgehead atoms. The molecule has 0 saturated carbocycles. The second-order valence-electron chi connectivity index (χ2n) is 9.10. The van der Waals surface area contributed by atoms with E-state index < -0.39 is 22.4 Å². The summed E-state index contributed by atoms with van der Waals surface area (Å²) in [6.45, 7) is 0.846. The molecule has 35 heavy (non-hydrogen) atoms. The van der Waals surface area contributed by atoms with Crippen LogP contribution >= 0.6 is 0 Å². The molecule has 1 N–H and O–H groups in total. The van der Waals surface area contributed by atoms with Crippen molar-refractivity contribution in [3.63, 3.8) is 0 Å². The zero-order valence-corrected chi connectivity index (χ0v) is 20.6. The minimum Gasteiger partial charge on any atom is -0.391 e. The third-order valence-electron chi connectivity index (χ3n) is 7.08. The Morgan fingerprint density at radius 3 is 1.63 bits per heavy atom. The van der Waals surface area contributed by atoms with Crippen LogP contribution in [0.25, 0.3) is 0 Å². The van der Waals surface area contributed by atoms with E-state index in [9.17, 15) is 9.32 Å². The molecule has 0 aliphatic carbocycles. The third-order valence-corrected chi connectivity index (χ3v) is 8.52. The molecule has 2 unspecified atom stereocenters. The molecule has 0 aromatic heterocycles. The first kappa shape index (κ1) is 23.7. The number of hydrogen-bond donors (Lipinski definition) is 1. The highest BCUT2D eigenvalue weighted by Crippen LogP contribution is 2.46. The monoisotopic (exact) mass is 481 g/mol. The molecule has 1 aliphatic heterocycles. The van der Waals surface area contributed by atoms with Gasteiger partial charge in [0.1, 0.15) is 0 Å². The minimum atomic E-state index is -1.26. The van der Waals surface area contributed by atoms with E-state index in [2.05, 4.69) is 77.7 Å². The summed E-state index contributed by atoms with van der Waals surface area (Å²) in [5.41, 5.74) is 2.93. The average Bonchev–Trinajstić information content (AvgIpc) is 3.42. The number of benzene rings is 4. The summed E-state index contributed by atoms with van der Waals surface area (Å²) in [6, 6.07) is 41.1. The van der Waals surface area contributed by atoms with Crippen molar-refractivity contribution in [1.82, 2.24) is 4.90 Å². The number of rotatable bonds is 8. The molecule has 1 saturated heterocycles. The fourth-order valence-electron chi connectivity index (χ4n) is 5.58. The Labute approximate surface area is 210 Å². The lowest BCUT2D eigenvalue weighted by atomic mass is 9.75. The topological polar surface area (TPSA) is 40.5 Å². The van der Waals surface area contributed by atoms with Gasteiger partial charge in [-0.05, 0) is 41.7 Å². The van der Waals surface area contributed by atoms with Crippen LogP contribution in [0.5, 0.6) is 0 Å². The van der Waals surface area contributed by atoms with Crippen LogP contribution in [0, 0.1) is 0 Å². The first-order chi connectivity index (χ1) is 17.2. The molecule has 0 amide bonds. The third kappa shape index (κ3) is 4.62. The Bertz CT molecular complexity index is 1140. The molecule has 4 aromatic rings. The maximum Gasteiger partial charge on any atom is 0.0976 e. The summed E-state index contributed by atoms with van der Waals surface area (Å²) in [6.07, 6.45) is 1.13. The van der Waals surface area contributed by atoms with Gasteiger partial charge in [-0.3, -0.25) is 9.11 Å². The summed E-state index contributed by atoms with van der Waals surface area (Å²) in [4.78, 5) is 3.22. The lowest BCUT2D eigenvalue weighted by Gasteiger charge is -2.47. The molecule has 4 heteroatoms. The van der Waals surface area contributed by atoms with Crippen LogP contribution in [0.15, 0.2) is 126 Å². The van der Waals surface area contributed by atoms with Crippen LogP contribution in [0.4, 0.5) is 0 Å². The van der Waals surface area contributed by atoms with Gasteiger partial charge in [0.25, 0.3) is 0 Å². The van der Waals surface area contributed by atoms with Gasteiger partial charge >= 0.3 is 0 Å². The normalized spacial score (nSPS) is 18.3. The molecule has 1 heterocycles. The van der Waals surface area contributed by atoms with Gasteiger partial charge in [0, 0.05) is 17.5 Å². The molecule has 3 nitrogen and oxygen atoms in total. The second kappa shape index (κ2) is 10.7. The molecule has 178 valence electrons. The number of aliphatic hydroxyl groups excluding tert-OH is 1. The van der Waals surface area contributed by atoms with E-state index >= 15 is 0 Å². The lowest BCUT2D eigenvalue weighted by Crippen LogP contribution is -2.54. The summed E-state index contributed by atoms with van der Waals surface area (Å²) < 4.78 is 13.1. The van der Waals surface area contributed by atoms with Crippen LogP contribution < -0.4 is 0 Å². The van der Waals surface area contributed by atoms with Crippen molar-refractivity contribution < 1.29 is 9.32 Å².